The Morgan fingerprint density at radius 1 is 1.29 bits per heavy atom. The van der Waals surface area contributed by atoms with E-state index in [-0.39, 0.29) is 18.4 Å². The predicted molar refractivity (Wildman–Crippen MR) is 52.2 cm³/mol. The Kier molecular flexibility index (Phi) is 1.85. The fourth-order valence-electron chi connectivity index (χ4n) is 1.32. The molecule has 0 atom stereocenters. The molecule has 0 unspecified atom stereocenters. The zero-order valence-electron chi connectivity index (χ0n) is 7.33. The highest BCUT2D eigenvalue weighted by Gasteiger charge is 2.18. The minimum absolute atomic E-state index is 0.00227. The Balaban J connectivity index is 2.52. The highest BCUT2D eigenvalue weighted by atomic mass is 16.2. The molecule has 1 aromatic carbocycles. The van der Waals surface area contributed by atoms with Crippen LogP contribution in [-0.4, -0.2) is 18.4 Å². The second-order valence-electron chi connectivity index (χ2n) is 3.04. The number of ketones is 1. The van der Waals surface area contributed by atoms with E-state index in [1.807, 2.05) is 0 Å². The summed E-state index contributed by atoms with van der Waals surface area (Å²) in [6.07, 6.45) is 0. The molecule has 5 heteroatoms. The van der Waals surface area contributed by atoms with Gasteiger partial charge in [-0.15, -0.1) is 0 Å². The summed E-state index contributed by atoms with van der Waals surface area (Å²) in [5.41, 5.74) is 7.00. The number of hydrogen-bond acceptors (Lipinski definition) is 3. The third kappa shape index (κ3) is 1.39. The first-order valence-corrected chi connectivity index (χ1v) is 4.14. The van der Waals surface area contributed by atoms with Gasteiger partial charge in [-0.1, -0.05) is 0 Å². The summed E-state index contributed by atoms with van der Waals surface area (Å²) in [4.78, 5) is 22.6. The Morgan fingerprint density at radius 3 is 2.86 bits per heavy atom. The molecule has 14 heavy (non-hydrogen) atoms. The third-order valence-corrected chi connectivity index (χ3v) is 2.00. The van der Waals surface area contributed by atoms with Crippen molar-refractivity contribution in [1.82, 2.24) is 5.32 Å². The Labute approximate surface area is 80.3 Å². The van der Waals surface area contributed by atoms with Gasteiger partial charge in [0.05, 0.1) is 12.2 Å². The Bertz CT molecular complexity index is 415. The number of rotatable bonds is 0. The van der Waals surface area contributed by atoms with E-state index >= 15 is 0 Å². The molecule has 0 aromatic heterocycles. The third-order valence-electron chi connectivity index (χ3n) is 2.00. The van der Waals surface area contributed by atoms with Crippen LogP contribution in [0.1, 0.15) is 10.4 Å². The van der Waals surface area contributed by atoms with Gasteiger partial charge in [-0.25, -0.2) is 4.79 Å². The van der Waals surface area contributed by atoms with Gasteiger partial charge in [-0.3, -0.25) is 4.79 Å². The van der Waals surface area contributed by atoms with E-state index in [0.717, 1.165) is 0 Å². The number of anilines is 2. The summed E-state index contributed by atoms with van der Waals surface area (Å²) in [7, 11) is 0. The monoisotopic (exact) mass is 191 g/mol. The Hall–Kier alpha value is -2.04. The smallest absolute Gasteiger partial charge is 0.319 e. The van der Waals surface area contributed by atoms with Crippen LogP contribution >= 0.6 is 0 Å². The molecular formula is C9H9N3O2. The number of urea groups is 1. The molecule has 1 aromatic rings. The first-order valence-electron chi connectivity index (χ1n) is 4.14. The van der Waals surface area contributed by atoms with Gasteiger partial charge in [-0.2, -0.15) is 0 Å². The standard InChI is InChI=1S/C9H9N3O2/c10-5-1-2-7-6(3-5)8(13)4-11-9(14)12-7/h1-3H,4,10H2,(H2,11,12,14). The largest absolute Gasteiger partial charge is 0.399 e. The van der Waals surface area contributed by atoms with Crippen LogP contribution in [0, 0.1) is 0 Å². The van der Waals surface area contributed by atoms with E-state index in [1.54, 1.807) is 18.2 Å². The van der Waals surface area contributed by atoms with Crippen molar-refractivity contribution in [1.29, 1.82) is 0 Å². The highest BCUT2D eigenvalue weighted by molar-refractivity contribution is 6.09. The molecule has 72 valence electrons. The molecule has 0 bridgehead atoms. The number of carbonyl (C=O) groups is 2. The number of nitrogens with two attached hydrogens (primary N) is 1. The summed E-state index contributed by atoms with van der Waals surface area (Å²) in [6.45, 7) is 0.00227. The molecule has 2 rings (SSSR count). The summed E-state index contributed by atoms with van der Waals surface area (Å²) < 4.78 is 0. The minimum Gasteiger partial charge on any atom is -0.399 e. The summed E-state index contributed by atoms with van der Waals surface area (Å²) in [5, 5.41) is 4.97. The lowest BCUT2D eigenvalue weighted by molar-refractivity contribution is 0.0995. The molecule has 0 saturated carbocycles. The average molecular weight is 191 g/mol. The lowest BCUT2D eigenvalue weighted by Gasteiger charge is -2.04. The lowest BCUT2D eigenvalue weighted by Crippen LogP contribution is -2.29. The first-order chi connectivity index (χ1) is 6.66. The molecule has 0 aliphatic carbocycles. The number of hydrogen-bond donors (Lipinski definition) is 3. The van der Waals surface area contributed by atoms with E-state index in [1.165, 1.54) is 0 Å². The van der Waals surface area contributed by atoms with Gasteiger partial charge in [0, 0.05) is 11.3 Å². The second kappa shape index (κ2) is 3.02. The fraction of sp³-hybridized carbons (Fsp3) is 0.111. The number of nitrogen functional groups attached to an aromatic ring is 1. The summed E-state index contributed by atoms with van der Waals surface area (Å²) >= 11 is 0. The van der Waals surface area contributed by atoms with Crippen LogP contribution in [0.15, 0.2) is 18.2 Å². The highest BCUT2D eigenvalue weighted by Crippen LogP contribution is 2.20. The molecule has 1 aliphatic heterocycles. The number of nitrogens with one attached hydrogen (secondary N) is 2. The van der Waals surface area contributed by atoms with E-state index < -0.39 is 0 Å². The number of carbonyl (C=O) groups excluding carboxylic acids is 2. The van der Waals surface area contributed by atoms with Crippen molar-refractivity contribution in [3.8, 4) is 0 Å². The molecule has 0 radical (unpaired) electrons. The lowest BCUT2D eigenvalue weighted by atomic mass is 10.1. The van der Waals surface area contributed by atoms with E-state index in [0.29, 0.717) is 16.9 Å². The molecule has 0 saturated heterocycles. The van der Waals surface area contributed by atoms with Crippen LogP contribution in [0.5, 0.6) is 0 Å². The van der Waals surface area contributed by atoms with Gasteiger partial charge in [-0.05, 0) is 18.2 Å². The molecule has 0 spiro atoms. The molecule has 1 aliphatic rings. The molecular weight excluding hydrogens is 182 g/mol. The Morgan fingerprint density at radius 2 is 2.07 bits per heavy atom. The average Bonchev–Trinajstić information content (AvgIpc) is 2.29. The fourth-order valence-corrected chi connectivity index (χ4v) is 1.32. The zero-order chi connectivity index (χ0) is 10.1. The summed E-state index contributed by atoms with van der Waals surface area (Å²) in [5.74, 6) is -0.148. The van der Waals surface area contributed by atoms with Gasteiger partial charge in [0.25, 0.3) is 0 Å². The van der Waals surface area contributed by atoms with Crippen molar-refractivity contribution in [2.24, 2.45) is 0 Å². The van der Waals surface area contributed by atoms with Crippen molar-refractivity contribution in [2.75, 3.05) is 17.6 Å². The van der Waals surface area contributed by atoms with Crippen LogP contribution in [0.4, 0.5) is 16.2 Å². The van der Waals surface area contributed by atoms with Gasteiger partial charge in [0.15, 0.2) is 5.78 Å². The minimum atomic E-state index is -0.373. The van der Waals surface area contributed by atoms with Crippen molar-refractivity contribution in [2.45, 2.75) is 0 Å². The number of benzene rings is 1. The predicted octanol–water partition coefficient (Wildman–Crippen LogP) is 0.587. The van der Waals surface area contributed by atoms with Crippen LogP contribution in [-0.2, 0) is 0 Å². The van der Waals surface area contributed by atoms with Crippen LogP contribution in [0.25, 0.3) is 0 Å². The SMILES string of the molecule is Nc1ccc2c(c1)C(=O)CNC(=O)N2. The van der Waals surface area contributed by atoms with Crippen molar-refractivity contribution in [3.05, 3.63) is 23.8 Å². The van der Waals surface area contributed by atoms with Gasteiger partial charge in [0.2, 0.25) is 0 Å². The topological polar surface area (TPSA) is 84.2 Å². The maximum Gasteiger partial charge on any atom is 0.319 e. The van der Waals surface area contributed by atoms with Gasteiger partial charge >= 0.3 is 6.03 Å². The molecule has 1 heterocycles. The van der Waals surface area contributed by atoms with Crippen molar-refractivity contribution in [3.63, 3.8) is 0 Å². The quantitative estimate of drug-likeness (QED) is 0.524. The van der Waals surface area contributed by atoms with Crippen molar-refractivity contribution >= 4 is 23.2 Å². The maximum atomic E-state index is 11.5. The summed E-state index contributed by atoms with van der Waals surface area (Å²) in [6, 6.07) is 4.44. The van der Waals surface area contributed by atoms with Crippen molar-refractivity contribution < 1.29 is 9.59 Å². The normalized spacial score (nSPS) is 15.1. The van der Waals surface area contributed by atoms with Crippen LogP contribution in [0.2, 0.25) is 0 Å². The first kappa shape index (κ1) is 8.55. The van der Waals surface area contributed by atoms with Gasteiger partial charge in [0.1, 0.15) is 0 Å². The second-order valence-corrected chi connectivity index (χ2v) is 3.04. The van der Waals surface area contributed by atoms with Crippen LogP contribution in [0.3, 0.4) is 0 Å². The number of fused-ring (bicyclic) bond motifs is 1. The number of Topliss-reactive ketones (excluding diaryl/α,β-unsaturated/α-hetero) is 1. The van der Waals surface area contributed by atoms with E-state index in [2.05, 4.69) is 10.6 Å². The molecule has 2 amide bonds. The number of amides is 2. The molecule has 0 fully saturated rings. The van der Waals surface area contributed by atoms with Gasteiger partial charge < -0.3 is 16.4 Å². The van der Waals surface area contributed by atoms with E-state index in [9.17, 15) is 9.59 Å². The molecule has 5 nitrogen and oxygen atoms in total. The van der Waals surface area contributed by atoms with E-state index in [4.69, 9.17) is 5.73 Å². The molecule has 4 N–H and O–H groups in total. The zero-order valence-corrected chi connectivity index (χ0v) is 7.33. The maximum absolute atomic E-state index is 11.5. The van der Waals surface area contributed by atoms with Crippen LogP contribution < -0.4 is 16.4 Å².